The van der Waals surface area contributed by atoms with Gasteiger partial charge in [-0.05, 0) is 60.9 Å². The SMILES string of the molecule is CC1CCN(c2ccc(NC(=O)c3cnn(-c4ccc(Cl)cc4)c3C(F)(F)F)cc2)C1. The van der Waals surface area contributed by atoms with Crippen LogP contribution in [0.4, 0.5) is 24.5 Å². The number of halogens is 4. The Hall–Kier alpha value is -3.00. The molecule has 1 aliphatic heterocycles. The third kappa shape index (κ3) is 4.54. The molecule has 1 unspecified atom stereocenters. The first-order valence-electron chi connectivity index (χ1n) is 9.80. The van der Waals surface area contributed by atoms with Gasteiger partial charge in [-0.25, -0.2) is 4.68 Å². The molecule has 1 amide bonds. The van der Waals surface area contributed by atoms with Crippen molar-refractivity contribution in [3.05, 3.63) is 71.0 Å². The van der Waals surface area contributed by atoms with Crippen LogP contribution in [0.2, 0.25) is 5.02 Å². The van der Waals surface area contributed by atoms with Crippen molar-refractivity contribution in [3.8, 4) is 5.69 Å². The highest BCUT2D eigenvalue weighted by Crippen LogP contribution is 2.34. The van der Waals surface area contributed by atoms with E-state index in [-0.39, 0.29) is 5.69 Å². The molecule has 31 heavy (non-hydrogen) atoms. The Balaban J connectivity index is 1.58. The van der Waals surface area contributed by atoms with Crippen molar-refractivity contribution in [1.29, 1.82) is 0 Å². The van der Waals surface area contributed by atoms with E-state index in [0.717, 1.165) is 31.4 Å². The largest absolute Gasteiger partial charge is 0.434 e. The molecule has 1 saturated heterocycles. The van der Waals surface area contributed by atoms with Gasteiger partial charge in [-0.15, -0.1) is 0 Å². The molecule has 2 heterocycles. The van der Waals surface area contributed by atoms with E-state index in [1.165, 1.54) is 24.3 Å². The third-order valence-corrected chi connectivity index (χ3v) is 5.52. The van der Waals surface area contributed by atoms with Crippen LogP contribution in [0.25, 0.3) is 5.69 Å². The second-order valence-corrected chi connectivity index (χ2v) is 8.07. The van der Waals surface area contributed by atoms with Crippen molar-refractivity contribution in [2.75, 3.05) is 23.3 Å². The summed E-state index contributed by atoms with van der Waals surface area (Å²) in [5, 5.41) is 6.73. The number of carbonyl (C=O) groups is 1. The quantitative estimate of drug-likeness (QED) is 0.561. The van der Waals surface area contributed by atoms with E-state index in [0.29, 0.717) is 21.3 Å². The van der Waals surface area contributed by atoms with E-state index in [2.05, 4.69) is 22.2 Å². The number of carbonyl (C=O) groups excluding carboxylic acids is 1. The molecule has 4 rings (SSSR count). The fourth-order valence-electron chi connectivity index (χ4n) is 3.69. The number of nitrogens with zero attached hydrogens (tertiary/aromatic N) is 3. The Morgan fingerprint density at radius 2 is 1.74 bits per heavy atom. The molecule has 9 heteroatoms. The van der Waals surface area contributed by atoms with Crippen molar-refractivity contribution in [3.63, 3.8) is 0 Å². The Morgan fingerprint density at radius 1 is 1.10 bits per heavy atom. The predicted octanol–water partition coefficient (Wildman–Crippen LogP) is 5.64. The van der Waals surface area contributed by atoms with Crippen LogP contribution in [-0.4, -0.2) is 28.8 Å². The Labute approximate surface area is 182 Å². The van der Waals surface area contributed by atoms with E-state index in [1.807, 2.05) is 12.1 Å². The highest BCUT2D eigenvalue weighted by molar-refractivity contribution is 6.30. The van der Waals surface area contributed by atoms with Crippen LogP contribution in [0.15, 0.2) is 54.7 Å². The fraction of sp³-hybridized carbons (Fsp3) is 0.273. The average Bonchev–Trinajstić information content (AvgIpc) is 3.36. The number of alkyl halides is 3. The van der Waals surface area contributed by atoms with Crippen molar-refractivity contribution in [1.82, 2.24) is 9.78 Å². The average molecular weight is 449 g/mol. The van der Waals surface area contributed by atoms with Crippen molar-refractivity contribution < 1.29 is 18.0 Å². The maximum absolute atomic E-state index is 13.8. The van der Waals surface area contributed by atoms with Gasteiger partial charge in [0, 0.05) is 29.5 Å². The second kappa shape index (κ2) is 8.26. The van der Waals surface area contributed by atoms with Gasteiger partial charge in [0.05, 0.1) is 17.4 Å². The number of amides is 1. The molecule has 1 aliphatic rings. The lowest BCUT2D eigenvalue weighted by Crippen LogP contribution is -2.21. The minimum atomic E-state index is -4.78. The topological polar surface area (TPSA) is 50.2 Å². The van der Waals surface area contributed by atoms with Gasteiger partial charge in [-0.1, -0.05) is 18.5 Å². The van der Waals surface area contributed by atoms with E-state index in [9.17, 15) is 18.0 Å². The molecular weight excluding hydrogens is 429 g/mol. The first-order valence-corrected chi connectivity index (χ1v) is 10.2. The standard InChI is InChI=1S/C22H20ClF3N4O/c1-14-10-11-29(13-14)17-8-4-16(5-9-17)28-21(31)19-12-27-30(20(19)22(24,25)26)18-6-2-15(23)3-7-18/h2-9,12,14H,10-11,13H2,1H3,(H,28,31). The number of aromatic nitrogens is 2. The van der Waals surface area contributed by atoms with E-state index in [4.69, 9.17) is 11.6 Å². The number of hydrogen-bond acceptors (Lipinski definition) is 3. The summed E-state index contributed by atoms with van der Waals surface area (Å²) in [7, 11) is 0. The van der Waals surface area contributed by atoms with Crippen molar-refractivity contribution in [2.24, 2.45) is 5.92 Å². The summed E-state index contributed by atoms with van der Waals surface area (Å²) in [6, 6.07) is 12.8. The lowest BCUT2D eigenvalue weighted by atomic mass is 10.2. The summed E-state index contributed by atoms with van der Waals surface area (Å²) in [6.07, 6.45) is -2.73. The molecule has 0 radical (unpaired) electrons. The highest BCUT2D eigenvalue weighted by atomic mass is 35.5. The van der Waals surface area contributed by atoms with Gasteiger partial charge in [0.15, 0.2) is 5.69 Å². The lowest BCUT2D eigenvalue weighted by molar-refractivity contribution is -0.143. The van der Waals surface area contributed by atoms with E-state index in [1.54, 1.807) is 12.1 Å². The maximum atomic E-state index is 13.8. The van der Waals surface area contributed by atoms with Gasteiger partial charge in [0.1, 0.15) is 0 Å². The monoisotopic (exact) mass is 448 g/mol. The molecule has 0 saturated carbocycles. The molecule has 1 fully saturated rings. The minimum absolute atomic E-state index is 0.153. The summed E-state index contributed by atoms with van der Waals surface area (Å²) < 4.78 is 42.1. The molecule has 2 aromatic carbocycles. The number of nitrogens with one attached hydrogen (secondary N) is 1. The van der Waals surface area contributed by atoms with Crippen molar-refractivity contribution >= 4 is 28.9 Å². The molecule has 3 aromatic rings. The number of anilines is 2. The molecule has 0 bridgehead atoms. The second-order valence-electron chi connectivity index (χ2n) is 7.63. The number of hydrogen-bond donors (Lipinski definition) is 1. The van der Waals surface area contributed by atoms with Crippen LogP contribution in [0.1, 0.15) is 29.4 Å². The molecule has 1 N–H and O–H groups in total. The van der Waals surface area contributed by atoms with Crippen LogP contribution in [-0.2, 0) is 6.18 Å². The van der Waals surface area contributed by atoms with Gasteiger partial charge in [-0.3, -0.25) is 4.79 Å². The molecule has 0 spiro atoms. The summed E-state index contributed by atoms with van der Waals surface area (Å²) in [5.41, 5.74) is -0.114. The Morgan fingerprint density at radius 3 is 2.32 bits per heavy atom. The van der Waals surface area contributed by atoms with Crippen molar-refractivity contribution in [2.45, 2.75) is 19.5 Å². The first-order chi connectivity index (χ1) is 14.7. The molecule has 162 valence electrons. The third-order valence-electron chi connectivity index (χ3n) is 5.27. The van der Waals surface area contributed by atoms with E-state index >= 15 is 0 Å². The van der Waals surface area contributed by atoms with Crippen LogP contribution < -0.4 is 10.2 Å². The zero-order valence-corrected chi connectivity index (χ0v) is 17.4. The molecular formula is C22H20ClF3N4O. The molecule has 5 nitrogen and oxygen atoms in total. The zero-order valence-electron chi connectivity index (χ0n) is 16.7. The Bertz CT molecular complexity index is 1080. The van der Waals surface area contributed by atoms with Gasteiger partial charge in [0.25, 0.3) is 5.91 Å². The van der Waals surface area contributed by atoms with Crippen LogP contribution in [0.3, 0.4) is 0 Å². The molecule has 1 aromatic heterocycles. The summed E-state index contributed by atoms with van der Waals surface area (Å²) in [6.45, 7) is 4.12. The fourth-order valence-corrected chi connectivity index (χ4v) is 3.81. The highest BCUT2D eigenvalue weighted by Gasteiger charge is 2.40. The molecule has 0 aliphatic carbocycles. The summed E-state index contributed by atoms with van der Waals surface area (Å²) in [5.74, 6) is -0.257. The first kappa shape index (κ1) is 21.2. The number of benzene rings is 2. The van der Waals surface area contributed by atoms with Gasteiger partial charge in [-0.2, -0.15) is 18.3 Å². The molecule has 1 atom stereocenters. The normalized spacial score (nSPS) is 16.5. The number of rotatable bonds is 4. The lowest BCUT2D eigenvalue weighted by Gasteiger charge is -2.18. The van der Waals surface area contributed by atoms with Gasteiger partial charge in [0.2, 0.25) is 0 Å². The zero-order chi connectivity index (χ0) is 22.2. The summed E-state index contributed by atoms with van der Waals surface area (Å²) in [4.78, 5) is 14.9. The summed E-state index contributed by atoms with van der Waals surface area (Å²) >= 11 is 5.82. The van der Waals surface area contributed by atoms with Gasteiger partial charge < -0.3 is 10.2 Å². The smallest absolute Gasteiger partial charge is 0.371 e. The minimum Gasteiger partial charge on any atom is -0.371 e. The van der Waals surface area contributed by atoms with Gasteiger partial charge >= 0.3 is 6.18 Å². The van der Waals surface area contributed by atoms with Crippen LogP contribution in [0, 0.1) is 5.92 Å². The Kier molecular flexibility index (Phi) is 5.66. The predicted molar refractivity (Wildman–Crippen MR) is 114 cm³/mol. The van der Waals surface area contributed by atoms with E-state index < -0.39 is 23.3 Å². The van der Waals surface area contributed by atoms with Crippen LogP contribution >= 0.6 is 11.6 Å². The van der Waals surface area contributed by atoms with Crippen LogP contribution in [0.5, 0.6) is 0 Å². The maximum Gasteiger partial charge on any atom is 0.434 e.